The van der Waals surface area contributed by atoms with Crippen LogP contribution in [0.4, 0.5) is 5.13 Å². The van der Waals surface area contributed by atoms with Crippen molar-refractivity contribution in [2.45, 2.75) is 0 Å². The number of halogens is 2. The topological polar surface area (TPSA) is 57.5 Å². The molecule has 0 fully saturated rings. The standard InChI is InChI=1S/C16H12BrN3OS.BrH/c17-13-6-7-15(21)12(8-13)9-18-20-16-19-14(10-22-16)11-4-2-1-3-5-11;/h1-10,21H,(H,19,20);1H/b18-9+;. The normalized spacial score (nSPS) is 10.5. The predicted octanol–water partition coefficient (Wildman–Crippen LogP) is 5.30. The van der Waals surface area contributed by atoms with Gasteiger partial charge in [-0.15, -0.1) is 28.3 Å². The van der Waals surface area contributed by atoms with Crippen molar-refractivity contribution < 1.29 is 5.11 Å². The molecule has 0 atom stereocenters. The van der Waals surface area contributed by atoms with Gasteiger partial charge in [-0.2, -0.15) is 5.10 Å². The molecule has 0 radical (unpaired) electrons. The summed E-state index contributed by atoms with van der Waals surface area (Å²) in [5.74, 6) is 0.179. The van der Waals surface area contributed by atoms with Crippen molar-refractivity contribution in [3.63, 3.8) is 0 Å². The molecule has 0 aliphatic heterocycles. The quantitative estimate of drug-likeness (QED) is 0.415. The molecular formula is C16H13Br2N3OS. The molecular weight excluding hydrogens is 442 g/mol. The molecule has 7 heteroatoms. The number of nitrogens with one attached hydrogen (secondary N) is 1. The Labute approximate surface area is 156 Å². The molecule has 0 aliphatic rings. The van der Waals surface area contributed by atoms with Crippen molar-refractivity contribution in [2.24, 2.45) is 5.10 Å². The van der Waals surface area contributed by atoms with Gasteiger partial charge in [0.05, 0.1) is 11.9 Å². The highest BCUT2D eigenvalue weighted by Gasteiger charge is 2.03. The largest absolute Gasteiger partial charge is 0.507 e. The summed E-state index contributed by atoms with van der Waals surface area (Å²) in [6, 6.07) is 15.1. The minimum Gasteiger partial charge on any atom is -0.507 e. The average molecular weight is 455 g/mol. The van der Waals surface area contributed by atoms with Crippen LogP contribution in [-0.2, 0) is 0 Å². The first-order chi connectivity index (χ1) is 10.7. The van der Waals surface area contributed by atoms with Crippen molar-refractivity contribution in [1.29, 1.82) is 0 Å². The number of aromatic nitrogens is 1. The maximum Gasteiger partial charge on any atom is 0.203 e. The minimum atomic E-state index is 0. The number of hydrogen-bond acceptors (Lipinski definition) is 5. The van der Waals surface area contributed by atoms with Gasteiger partial charge in [-0.1, -0.05) is 46.3 Å². The number of aromatic hydroxyl groups is 1. The number of phenolic OH excluding ortho intramolecular Hbond substituents is 1. The van der Waals surface area contributed by atoms with E-state index in [1.165, 1.54) is 11.3 Å². The number of rotatable bonds is 4. The molecule has 0 bridgehead atoms. The van der Waals surface area contributed by atoms with E-state index in [0.29, 0.717) is 10.7 Å². The second-order valence-electron chi connectivity index (χ2n) is 4.48. The highest BCUT2D eigenvalue weighted by molar-refractivity contribution is 9.10. The summed E-state index contributed by atoms with van der Waals surface area (Å²) in [6.07, 6.45) is 1.56. The predicted molar refractivity (Wildman–Crippen MR) is 105 cm³/mol. The van der Waals surface area contributed by atoms with Gasteiger partial charge in [0.2, 0.25) is 5.13 Å². The van der Waals surface area contributed by atoms with Crippen molar-refractivity contribution in [2.75, 3.05) is 5.43 Å². The molecule has 0 spiro atoms. The molecule has 3 aromatic rings. The maximum absolute atomic E-state index is 9.73. The Hall–Kier alpha value is -1.70. The van der Waals surface area contributed by atoms with Crippen LogP contribution in [0.2, 0.25) is 0 Å². The summed E-state index contributed by atoms with van der Waals surface area (Å²) >= 11 is 4.84. The van der Waals surface area contributed by atoms with Gasteiger partial charge in [0.15, 0.2) is 0 Å². The Morgan fingerprint density at radius 3 is 2.74 bits per heavy atom. The smallest absolute Gasteiger partial charge is 0.203 e. The van der Waals surface area contributed by atoms with Gasteiger partial charge in [-0.05, 0) is 18.2 Å². The Bertz CT molecular complexity index is 806. The van der Waals surface area contributed by atoms with Crippen LogP contribution in [0.3, 0.4) is 0 Å². The van der Waals surface area contributed by atoms with E-state index < -0.39 is 0 Å². The number of benzene rings is 2. The molecule has 23 heavy (non-hydrogen) atoms. The second kappa shape index (κ2) is 8.24. The zero-order valence-corrected chi connectivity index (χ0v) is 15.9. The molecule has 118 valence electrons. The van der Waals surface area contributed by atoms with E-state index in [1.54, 1.807) is 24.4 Å². The highest BCUT2D eigenvalue weighted by atomic mass is 79.9. The zero-order chi connectivity index (χ0) is 15.4. The minimum absolute atomic E-state index is 0. The van der Waals surface area contributed by atoms with E-state index in [-0.39, 0.29) is 22.7 Å². The van der Waals surface area contributed by atoms with Crippen LogP contribution in [0, 0.1) is 0 Å². The fourth-order valence-corrected chi connectivity index (χ4v) is 2.90. The summed E-state index contributed by atoms with van der Waals surface area (Å²) in [7, 11) is 0. The van der Waals surface area contributed by atoms with Gasteiger partial charge < -0.3 is 5.11 Å². The monoisotopic (exact) mass is 453 g/mol. The fourth-order valence-electron chi connectivity index (χ4n) is 1.85. The Kier molecular flexibility index (Phi) is 6.32. The molecule has 2 aromatic carbocycles. The first-order valence-electron chi connectivity index (χ1n) is 6.51. The lowest BCUT2D eigenvalue weighted by Gasteiger charge is -1.99. The number of anilines is 1. The summed E-state index contributed by atoms with van der Waals surface area (Å²) in [5, 5.41) is 16.5. The Morgan fingerprint density at radius 2 is 1.96 bits per heavy atom. The molecule has 3 rings (SSSR count). The fraction of sp³-hybridized carbons (Fsp3) is 0. The summed E-state index contributed by atoms with van der Waals surface area (Å²) in [6.45, 7) is 0. The number of hydrazone groups is 1. The van der Waals surface area contributed by atoms with Gasteiger partial charge in [-0.3, -0.25) is 5.43 Å². The van der Waals surface area contributed by atoms with E-state index in [2.05, 4.69) is 31.4 Å². The molecule has 2 N–H and O–H groups in total. The molecule has 1 aromatic heterocycles. The molecule has 0 aliphatic carbocycles. The number of nitrogens with zero attached hydrogens (tertiary/aromatic N) is 2. The van der Waals surface area contributed by atoms with E-state index in [0.717, 1.165) is 15.7 Å². The summed E-state index contributed by atoms with van der Waals surface area (Å²) < 4.78 is 0.882. The van der Waals surface area contributed by atoms with Crippen LogP contribution in [0.5, 0.6) is 5.75 Å². The van der Waals surface area contributed by atoms with E-state index >= 15 is 0 Å². The van der Waals surface area contributed by atoms with Crippen LogP contribution in [0.15, 0.2) is 63.5 Å². The molecule has 0 amide bonds. The lowest BCUT2D eigenvalue weighted by molar-refractivity contribution is 0.474. The van der Waals surface area contributed by atoms with Gasteiger partial charge in [-0.25, -0.2) is 4.98 Å². The Morgan fingerprint density at radius 1 is 1.17 bits per heavy atom. The van der Waals surface area contributed by atoms with E-state index in [9.17, 15) is 5.11 Å². The maximum atomic E-state index is 9.73. The van der Waals surface area contributed by atoms with Crippen molar-refractivity contribution in [3.05, 3.63) is 63.9 Å². The lowest BCUT2D eigenvalue weighted by Crippen LogP contribution is -1.90. The van der Waals surface area contributed by atoms with E-state index in [4.69, 9.17) is 0 Å². The average Bonchev–Trinajstić information content (AvgIpc) is 3.00. The SMILES string of the molecule is Br.Oc1ccc(Br)cc1/C=N/Nc1nc(-c2ccccc2)cs1. The molecule has 0 saturated heterocycles. The van der Waals surface area contributed by atoms with Gasteiger partial charge >= 0.3 is 0 Å². The third-order valence-electron chi connectivity index (χ3n) is 2.93. The number of phenols is 1. The molecule has 0 saturated carbocycles. The van der Waals surface area contributed by atoms with Crippen LogP contribution in [0.1, 0.15) is 5.56 Å². The number of thiazole rings is 1. The van der Waals surface area contributed by atoms with Crippen LogP contribution in [-0.4, -0.2) is 16.3 Å². The van der Waals surface area contributed by atoms with Gasteiger partial charge in [0, 0.05) is 21.0 Å². The van der Waals surface area contributed by atoms with Gasteiger partial charge in [0.25, 0.3) is 0 Å². The van der Waals surface area contributed by atoms with Gasteiger partial charge in [0.1, 0.15) is 5.75 Å². The van der Waals surface area contributed by atoms with Crippen LogP contribution >= 0.6 is 44.2 Å². The van der Waals surface area contributed by atoms with E-state index in [1.807, 2.05) is 35.7 Å². The van der Waals surface area contributed by atoms with Crippen molar-refractivity contribution in [3.8, 4) is 17.0 Å². The van der Waals surface area contributed by atoms with Crippen LogP contribution < -0.4 is 5.43 Å². The van der Waals surface area contributed by atoms with Crippen molar-refractivity contribution in [1.82, 2.24) is 4.98 Å². The third kappa shape index (κ3) is 4.63. The summed E-state index contributed by atoms with van der Waals surface area (Å²) in [5.41, 5.74) is 5.49. The third-order valence-corrected chi connectivity index (χ3v) is 4.17. The Balaban J connectivity index is 0.00000192. The molecule has 1 heterocycles. The second-order valence-corrected chi connectivity index (χ2v) is 6.25. The molecule has 0 unspecified atom stereocenters. The number of hydrogen-bond donors (Lipinski definition) is 2. The zero-order valence-electron chi connectivity index (χ0n) is 11.8. The molecule has 4 nitrogen and oxygen atoms in total. The highest BCUT2D eigenvalue weighted by Crippen LogP contribution is 2.25. The van der Waals surface area contributed by atoms with Crippen molar-refractivity contribution >= 4 is 55.6 Å². The summed E-state index contributed by atoms with van der Waals surface area (Å²) in [4.78, 5) is 4.47. The first-order valence-corrected chi connectivity index (χ1v) is 8.18. The van der Waals surface area contributed by atoms with Crippen LogP contribution in [0.25, 0.3) is 11.3 Å². The lowest BCUT2D eigenvalue weighted by atomic mass is 10.2. The first kappa shape index (κ1) is 17.7.